The maximum absolute atomic E-state index is 2.39. The molecule has 0 saturated heterocycles. The number of hydrogen-bond donors (Lipinski definition) is 0. The zero-order valence-corrected chi connectivity index (χ0v) is 5.66. The highest BCUT2D eigenvalue weighted by Gasteiger charge is 1.69. The van der Waals surface area contributed by atoms with Crippen molar-refractivity contribution < 1.29 is 0 Å². The molecule has 0 rings (SSSR count). The fraction of sp³-hybridized carbons (Fsp3) is 1.00. The van der Waals surface area contributed by atoms with Crippen LogP contribution in [0.4, 0.5) is 0 Å². The summed E-state index contributed by atoms with van der Waals surface area (Å²) < 4.78 is 1.31. The third-order valence-corrected chi connectivity index (χ3v) is 1.25. The van der Waals surface area contributed by atoms with Gasteiger partial charge in [0.15, 0.2) is 0 Å². The van der Waals surface area contributed by atoms with Crippen molar-refractivity contribution in [3.05, 3.63) is 0 Å². The van der Waals surface area contributed by atoms with E-state index in [-0.39, 0.29) is 23.1 Å². The van der Waals surface area contributed by atoms with Crippen molar-refractivity contribution in [1.82, 2.24) is 0 Å². The summed E-state index contributed by atoms with van der Waals surface area (Å²) in [5.41, 5.74) is 0. The van der Waals surface area contributed by atoms with Crippen LogP contribution in [0, 0.1) is 0 Å². The fourth-order valence-corrected chi connectivity index (χ4v) is 0.896. The topological polar surface area (TPSA) is 0 Å². The number of halogens is 1. The molecule has 0 aliphatic carbocycles. The average Bonchev–Trinajstić information content (AvgIpc) is 1.41. The van der Waals surface area contributed by atoms with Crippen LogP contribution in [0.5, 0.6) is 0 Å². The standard InChI is InChI=1S/C4H9I.Mg.2H/c1-2-3-4-5;;;/h2-4H2,1H3;;;. The molecule has 6 heavy (non-hydrogen) atoms. The first-order chi connectivity index (χ1) is 2.41. The van der Waals surface area contributed by atoms with Crippen LogP contribution in [0.15, 0.2) is 0 Å². The molecule has 2 heteroatoms. The van der Waals surface area contributed by atoms with E-state index in [2.05, 4.69) is 29.5 Å². The van der Waals surface area contributed by atoms with Crippen LogP contribution in [0.2, 0.25) is 0 Å². The zero-order chi connectivity index (χ0) is 4.12. The Morgan fingerprint density at radius 3 is 2.00 bits per heavy atom. The third kappa shape index (κ3) is 9.09. The van der Waals surface area contributed by atoms with Crippen LogP contribution >= 0.6 is 22.6 Å². The minimum atomic E-state index is 0. The summed E-state index contributed by atoms with van der Waals surface area (Å²) >= 11 is 2.39. The Hall–Kier alpha value is 1.50. The summed E-state index contributed by atoms with van der Waals surface area (Å²) in [5.74, 6) is 0. The highest BCUT2D eigenvalue weighted by molar-refractivity contribution is 14.1. The Kier molecular flexibility index (Phi) is 16.9. The Morgan fingerprint density at radius 2 is 2.00 bits per heavy atom. The first-order valence-electron chi connectivity index (χ1n) is 1.97. The van der Waals surface area contributed by atoms with Crippen LogP contribution in [0.1, 0.15) is 19.8 Å². The van der Waals surface area contributed by atoms with Crippen molar-refractivity contribution >= 4 is 45.6 Å². The van der Waals surface area contributed by atoms with E-state index in [4.69, 9.17) is 0 Å². The summed E-state index contributed by atoms with van der Waals surface area (Å²) in [6.45, 7) is 2.21. The summed E-state index contributed by atoms with van der Waals surface area (Å²) in [6.07, 6.45) is 2.71. The monoisotopic (exact) mass is 210 g/mol. The van der Waals surface area contributed by atoms with E-state index in [9.17, 15) is 0 Å². The lowest BCUT2D eigenvalue weighted by atomic mass is 10.4. The molecule has 0 bridgehead atoms. The van der Waals surface area contributed by atoms with Crippen LogP contribution < -0.4 is 0 Å². The second-order valence-corrected chi connectivity index (χ2v) is 2.12. The lowest BCUT2D eigenvalue weighted by molar-refractivity contribution is 0.907. The molecule has 0 aromatic heterocycles. The van der Waals surface area contributed by atoms with E-state index in [1.807, 2.05) is 0 Å². The van der Waals surface area contributed by atoms with Gasteiger partial charge in [0.2, 0.25) is 0 Å². The fourth-order valence-electron chi connectivity index (χ4n) is 0.134. The Balaban J connectivity index is 0. The molecule has 0 spiro atoms. The van der Waals surface area contributed by atoms with Gasteiger partial charge >= 0.3 is 23.1 Å². The summed E-state index contributed by atoms with van der Waals surface area (Å²) in [7, 11) is 0. The van der Waals surface area contributed by atoms with Crippen molar-refractivity contribution in [3.63, 3.8) is 0 Å². The van der Waals surface area contributed by atoms with Gasteiger partial charge < -0.3 is 0 Å². The van der Waals surface area contributed by atoms with Crippen molar-refractivity contribution in [2.75, 3.05) is 4.43 Å². The van der Waals surface area contributed by atoms with Crippen molar-refractivity contribution in [2.24, 2.45) is 0 Å². The van der Waals surface area contributed by atoms with Crippen molar-refractivity contribution in [3.8, 4) is 0 Å². The zero-order valence-electron chi connectivity index (χ0n) is 3.50. The minimum absolute atomic E-state index is 0. The normalized spacial score (nSPS) is 7.00. The van der Waals surface area contributed by atoms with Gasteiger partial charge in [0, 0.05) is 0 Å². The molecule has 0 amide bonds. The minimum Gasteiger partial charge on any atom is -0.0864 e. The highest BCUT2D eigenvalue weighted by atomic mass is 127. The van der Waals surface area contributed by atoms with Gasteiger partial charge in [-0.2, -0.15) is 0 Å². The van der Waals surface area contributed by atoms with Crippen LogP contribution in [0.3, 0.4) is 0 Å². The predicted octanol–water partition coefficient (Wildman–Crippen LogP) is 1.31. The summed E-state index contributed by atoms with van der Waals surface area (Å²) in [5, 5.41) is 0. The molecule has 0 unspecified atom stereocenters. The largest absolute Gasteiger partial charge is 0.316 e. The van der Waals surface area contributed by atoms with Gasteiger partial charge in [-0.15, -0.1) is 0 Å². The molecule has 0 N–H and O–H groups in total. The van der Waals surface area contributed by atoms with E-state index in [0.717, 1.165) is 0 Å². The quantitative estimate of drug-likeness (QED) is 0.366. The van der Waals surface area contributed by atoms with Crippen molar-refractivity contribution in [1.29, 1.82) is 0 Å². The van der Waals surface area contributed by atoms with Gasteiger partial charge in [-0.3, -0.25) is 0 Å². The van der Waals surface area contributed by atoms with Gasteiger partial charge in [0.05, 0.1) is 0 Å². The number of hydrogen-bond acceptors (Lipinski definition) is 0. The second kappa shape index (κ2) is 9.71. The molecule has 0 aliphatic heterocycles. The second-order valence-electron chi connectivity index (χ2n) is 1.04. The maximum Gasteiger partial charge on any atom is 0.316 e. The van der Waals surface area contributed by atoms with Crippen LogP contribution in [0.25, 0.3) is 0 Å². The molecular formula is C4H11IMg. The Labute approximate surface area is 69.4 Å². The van der Waals surface area contributed by atoms with Gasteiger partial charge in [0.1, 0.15) is 0 Å². The van der Waals surface area contributed by atoms with Gasteiger partial charge in [-0.25, -0.2) is 0 Å². The Bertz CT molecular complexity index is 15.0. The van der Waals surface area contributed by atoms with E-state index >= 15 is 0 Å². The first-order valence-corrected chi connectivity index (χ1v) is 3.50. The molecule has 0 saturated carbocycles. The molecular weight excluding hydrogens is 199 g/mol. The molecule has 0 aliphatic rings. The van der Waals surface area contributed by atoms with E-state index < -0.39 is 0 Å². The SMILES string of the molecule is CCCCI.[MgH2]. The van der Waals surface area contributed by atoms with E-state index in [1.54, 1.807) is 0 Å². The first kappa shape index (κ1) is 10.5. The smallest absolute Gasteiger partial charge is 0.0864 e. The summed E-state index contributed by atoms with van der Waals surface area (Å²) in [4.78, 5) is 0. The van der Waals surface area contributed by atoms with Crippen LogP contribution in [-0.2, 0) is 0 Å². The molecule has 0 nitrogen and oxygen atoms in total. The van der Waals surface area contributed by atoms with Gasteiger partial charge in [0.25, 0.3) is 0 Å². The molecule has 0 radical (unpaired) electrons. The molecule has 0 fully saturated rings. The predicted molar refractivity (Wildman–Crippen MR) is 42.3 cm³/mol. The lowest BCUT2D eigenvalue weighted by Gasteiger charge is -1.77. The van der Waals surface area contributed by atoms with Gasteiger partial charge in [-0.1, -0.05) is 35.9 Å². The summed E-state index contributed by atoms with van der Waals surface area (Å²) in [6, 6.07) is 0. The number of rotatable bonds is 2. The van der Waals surface area contributed by atoms with E-state index in [0.29, 0.717) is 0 Å². The average molecular weight is 210 g/mol. The molecule has 0 heterocycles. The molecule has 0 aromatic carbocycles. The number of alkyl halides is 1. The Morgan fingerprint density at radius 1 is 1.50 bits per heavy atom. The van der Waals surface area contributed by atoms with Crippen LogP contribution in [-0.4, -0.2) is 27.5 Å². The molecule has 0 atom stereocenters. The molecule has 36 valence electrons. The number of unbranched alkanes of at least 4 members (excludes halogenated alkanes) is 1. The lowest BCUT2D eigenvalue weighted by Crippen LogP contribution is -1.64. The van der Waals surface area contributed by atoms with Gasteiger partial charge in [-0.05, 0) is 10.8 Å². The van der Waals surface area contributed by atoms with Crippen molar-refractivity contribution in [2.45, 2.75) is 19.8 Å². The van der Waals surface area contributed by atoms with E-state index in [1.165, 1.54) is 17.3 Å². The molecule has 0 aromatic rings. The third-order valence-electron chi connectivity index (χ3n) is 0.487. The highest BCUT2D eigenvalue weighted by Crippen LogP contribution is 1.90. The maximum atomic E-state index is 2.39.